The zero-order valence-corrected chi connectivity index (χ0v) is 39.4. The molecule has 0 aliphatic rings. The lowest BCUT2D eigenvalue weighted by atomic mass is 10.0. The summed E-state index contributed by atoms with van der Waals surface area (Å²) < 4.78 is 32.9. The van der Waals surface area contributed by atoms with Crippen LogP contribution in [0.1, 0.15) is 245 Å². The van der Waals surface area contributed by atoms with Gasteiger partial charge in [0.05, 0.1) is 13.2 Å². The maximum absolute atomic E-state index is 12.6. The molecule has 0 saturated heterocycles. The molecule has 0 fully saturated rings. The Labute approximate surface area is 363 Å². The highest BCUT2D eigenvalue weighted by Gasteiger charge is 2.26. The van der Waals surface area contributed by atoms with Crippen molar-refractivity contribution in [1.29, 1.82) is 0 Å². The van der Waals surface area contributed by atoms with E-state index in [4.69, 9.17) is 24.3 Å². The molecule has 0 aromatic heterocycles. The fourth-order valence-electron chi connectivity index (χ4n) is 7.14. The van der Waals surface area contributed by atoms with E-state index in [0.717, 1.165) is 44.9 Å². The molecule has 0 aliphatic heterocycles. The molecule has 2 unspecified atom stereocenters. The average Bonchev–Trinajstić information content (AvgIpc) is 3.22. The third-order valence-corrected chi connectivity index (χ3v) is 11.8. The van der Waals surface area contributed by atoms with Crippen molar-refractivity contribution in [2.24, 2.45) is 5.73 Å². The van der Waals surface area contributed by atoms with Crippen LogP contribution in [0.3, 0.4) is 0 Å². The minimum absolute atomic E-state index is 0.0551. The molecule has 0 aromatic rings. The second-order valence-corrected chi connectivity index (χ2v) is 18.1. The van der Waals surface area contributed by atoms with Crippen LogP contribution in [0.5, 0.6) is 0 Å². The van der Waals surface area contributed by atoms with Gasteiger partial charge in [-0.15, -0.1) is 0 Å². The SMILES string of the molecule is CCCCCCC/C=C\C/C=C\CCCCCCCCCCCCCC(=O)OC(COC(=O)CCCCCCCCCCCCCCCCC)COP(=O)(O)OCCN. The summed E-state index contributed by atoms with van der Waals surface area (Å²) in [5, 5.41) is 0. The first-order valence-corrected chi connectivity index (χ1v) is 26.3. The Hall–Kier alpha value is -1.51. The number of rotatable bonds is 47. The van der Waals surface area contributed by atoms with E-state index in [1.165, 1.54) is 167 Å². The van der Waals surface area contributed by atoms with Crippen LogP contribution in [-0.4, -0.2) is 49.3 Å². The zero-order chi connectivity index (χ0) is 43.2. The predicted octanol–water partition coefficient (Wildman–Crippen LogP) is 14.7. The number of ether oxygens (including phenoxy) is 2. The van der Waals surface area contributed by atoms with Crippen LogP contribution >= 0.6 is 7.82 Å². The van der Waals surface area contributed by atoms with Crippen molar-refractivity contribution in [2.45, 2.75) is 251 Å². The van der Waals surface area contributed by atoms with Crippen molar-refractivity contribution in [3.63, 3.8) is 0 Å². The monoisotopic (exact) mass is 856 g/mol. The maximum Gasteiger partial charge on any atom is 0.472 e. The molecule has 0 saturated carbocycles. The first-order valence-electron chi connectivity index (χ1n) is 24.8. The molecule has 0 aliphatic carbocycles. The Morgan fingerprint density at radius 2 is 0.881 bits per heavy atom. The number of carbonyl (C=O) groups is 2. The molecule has 0 radical (unpaired) electrons. The molecule has 2 atom stereocenters. The van der Waals surface area contributed by atoms with E-state index >= 15 is 0 Å². The first kappa shape index (κ1) is 57.5. The molecule has 0 bridgehead atoms. The zero-order valence-electron chi connectivity index (χ0n) is 38.5. The van der Waals surface area contributed by atoms with E-state index in [1.54, 1.807) is 0 Å². The number of phosphoric ester groups is 1. The van der Waals surface area contributed by atoms with Gasteiger partial charge in [-0.1, -0.05) is 212 Å². The first-order chi connectivity index (χ1) is 28.8. The number of carbonyl (C=O) groups excluding carboxylic acids is 2. The largest absolute Gasteiger partial charge is 0.472 e. The third-order valence-electron chi connectivity index (χ3n) is 10.8. The fourth-order valence-corrected chi connectivity index (χ4v) is 7.90. The van der Waals surface area contributed by atoms with E-state index in [1.807, 2.05) is 0 Å². The minimum atomic E-state index is -4.38. The number of phosphoric acid groups is 1. The molecule has 0 aromatic carbocycles. The molecule has 0 amide bonds. The van der Waals surface area contributed by atoms with Crippen molar-refractivity contribution in [3.8, 4) is 0 Å². The van der Waals surface area contributed by atoms with Crippen molar-refractivity contribution in [3.05, 3.63) is 24.3 Å². The Bertz CT molecular complexity index is 1020. The third kappa shape index (κ3) is 45.8. The smallest absolute Gasteiger partial charge is 0.462 e. The second kappa shape index (κ2) is 46.0. The number of allylic oxidation sites excluding steroid dienone is 4. The average molecular weight is 856 g/mol. The topological polar surface area (TPSA) is 134 Å². The van der Waals surface area contributed by atoms with Crippen molar-refractivity contribution >= 4 is 19.8 Å². The predicted molar refractivity (Wildman–Crippen MR) is 247 cm³/mol. The van der Waals surface area contributed by atoms with Gasteiger partial charge in [-0.25, -0.2) is 4.57 Å². The number of hydrogen-bond donors (Lipinski definition) is 2. The van der Waals surface area contributed by atoms with Crippen LogP contribution in [0.25, 0.3) is 0 Å². The molecular formula is C49H94NO8P. The molecule has 10 heteroatoms. The summed E-state index contributed by atoms with van der Waals surface area (Å²) in [6.07, 6.45) is 50.7. The normalized spacial score (nSPS) is 13.4. The van der Waals surface area contributed by atoms with Gasteiger partial charge in [0, 0.05) is 19.4 Å². The lowest BCUT2D eigenvalue weighted by molar-refractivity contribution is -0.161. The standard InChI is InChI=1S/C49H94NO8P/c1-3-5-7-9-11-13-15-17-19-20-21-22-23-24-25-26-28-30-32-34-36-38-40-42-49(52)58-47(46-57-59(53,54)56-44-43-50)45-55-48(51)41-39-37-35-33-31-29-27-18-16-14-12-10-8-6-4-2/h15,17,20-21,47H,3-14,16,18-19,22-46,50H2,1-2H3,(H,53,54)/b17-15-,21-20-. The number of esters is 2. The van der Waals surface area contributed by atoms with Gasteiger partial charge in [0.25, 0.3) is 0 Å². The van der Waals surface area contributed by atoms with Crippen LogP contribution in [0.15, 0.2) is 24.3 Å². The van der Waals surface area contributed by atoms with Gasteiger partial charge in [0.2, 0.25) is 0 Å². The highest BCUT2D eigenvalue weighted by Crippen LogP contribution is 2.43. The van der Waals surface area contributed by atoms with Crippen LogP contribution in [-0.2, 0) is 32.7 Å². The Kier molecular flexibility index (Phi) is 44.8. The Balaban J connectivity index is 4.03. The van der Waals surface area contributed by atoms with E-state index in [9.17, 15) is 19.0 Å². The summed E-state index contributed by atoms with van der Waals surface area (Å²) in [6, 6.07) is 0. The van der Waals surface area contributed by atoms with E-state index < -0.39 is 26.5 Å². The Morgan fingerprint density at radius 3 is 1.29 bits per heavy atom. The maximum atomic E-state index is 12.6. The quantitative estimate of drug-likeness (QED) is 0.0265. The summed E-state index contributed by atoms with van der Waals surface area (Å²) in [4.78, 5) is 35.0. The van der Waals surface area contributed by atoms with Gasteiger partial charge in [0.15, 0.2) is 6.10 Å². The second-order valence-electron chi connectivity index (χ2n) is 16.7. The fraction of sp³-hybridized carbons (Fsp3) is 0.878. The Morgan fingerprint density at radius 1 is 0.508 bits per heavy atom. The summed E-state index contributed by atoms with van der Waals surface area (Å²) in [5.41, 5.74) is 5.36. The number of nitrogens with two attached hydrogens (primary N) is 1. The van der Waals surface area contributed by atoms with E-state index in [-0.39, 0.29) is 38.6 Å². The van der Waals surface area contributed by atoms with Crippen molar-refractivity contribution < 1.29 is 37.6 Å². The summed E-state index contributed by atoms with van der Waals surface area (Å²) in [5.74, 6) is -0.818. The molecule has 0 spiro atoms. The van der Waals surface area contributed by atoms with Crippen molar-refractivity contribution in [1.82, 2.24) is 0 Å². The van der Waals surface area contributed by atoms with E-state index in [2.05, 4.69) is 38.2 Å². The minimum Gasteiger partial charge on any atom is -0.462 e. The number of unbranched alkanes of at least 4 members (excludes halogenated alkanes) is 30. The molecule has 9 nitrogen and oxygen atoms in total. The lowest BCUT2D eigenvalue weighted by Gasteiger charge is -2.19. The van der Waals surface area contributed by atoms with E-state index in [0.29, 0.717) is 6.42 Å². The summed E-state index contributed by atoms with van der Waals surface area (Å²) >= 11 is 0. The highest BCUT2D eigenvalue weighted by molar-refractivity contribution is 7.47. The molecule has 0 heterocycles. The van der Waals surface area contributed by atoms with Crippen LogP contribution in [0.4, 0.5) is 0 Å². The van der Waals surface area contributed by atoms with Gasteiger partial charge in [-0.05, 0) is 44.9 Å². The van der Waals surface area contributed by atoms with Gasteiger partial charge in [-0.3, -0.25) is 18.6 Å². The van der Waals surface area contributed by atoms with Gasteiger partial charge in [0.1, 0.15) is 6.61 Å². The lowest BCUT2D eigenvalue weighted by Crippen LogP contribution is -2.29. The van der Waals surface area contributed by atoms with Gasteiger partial charge >= 0.3 is 19.8 Å². The molecule has 348 valence electrons. The molecular weight excluding hydrogens is 762 g/mol. The van der Waals surface area contributed by atoms with Gasteiger partial charge in [-0.2, -0.15) is 0 Å². The summed E-state index contributed by atoms with van der Waals surface area (Å²) in [7, 11) is -4.38. The molecule has 59 heavy (non-hydrogen) atoms. The van der Waals surface area contributed by atoms with Crippen molar-refractivity contribution in [2.75, 3.05) is 26.4 Å². The van der Waals surface area contributed by atoms with Crippen LogP contribution in [0, 0.1) is 0 Å². The molecule has 0 rings (SSSR count). The van der Waals surface area contributed by atoms with Crippen LogP contribution in [0.2, 0.25) is 0 Å². The summed E-state index contributed by atoms with van der Waals surface area (Å²) in [6.45, 7) is 3.76. The molecule has 3 N–H and O–H groups in total. The number of hydrogen-bond acceptors (Lipinski definition) is 8. The van der Waals surface area contributed by atoms with Crippen LogP contribution < -0.4 is 5.73 Å². The highest BCUT2D eigenvalue weighted by atomic mass is 31.2. The van der Waals surface area contributed by atoms with Gasteiger partial charge < -0.3 is 20.1 Å².